The molecule has 0 unspecified atom stereocenters. The zero-order chi connectivity index (χ0) is 15.7. The van der Waals surface area contributed by atoms with Crippen LogP contribution in [-0.4, -0.2) is 57.2 Å². The van der Waals surface area contributed by atoms with Crippen molar-refractivity contribution in [3.05, 3.63) is 24.0 Å². The smallest absolute Gasteiger partial charge is 0.242 e. The number of aromatic nitrogens is 1. The van der Waals surface area contributed by atoms with Crippen molar-refractivity contribution in [1.29, 1.82) is 0 Å². The predicted molar refractivity (Wildman–Crippen MR) is 81.2 cm³/mol. The number of rotatable bonds is 7. The van der Waals surface area contributed by atoms with Crippen LogP contribution in [0.4, 0.5) is 0 Å². The molecule has 0 radical (unpaired) electrons. The summed E-state index contributed by atoms with van der Waals surface area (Å²) in [5.74, 6) is 5.50. The van der Waals surface area contributed by atoms with E-state index in [0.717, 1.165) is 13.0 Å². The SMILES string of the molecule is CN(C)CCCNS(=O)(=O)c1cncc(C#CCCO)c1. The lowest BCUT2D eigenvalue weighted by atomic mass is 10.3. The van der Waals surface area contributed by atoms with Crippen LogP contribution in [-0.2, 0) is 10.0 Å². The van der Waals surface area contributed by atoms with Gasteiger partial charge in [0.25, 0.3) is 0 Å². The first kappa shape index (κ1) is 17.6. The number of hydrogen-bond donors (Lipinski definition) is 2. The van der Waals surface area contributed by atoms with Gasteiger partial charge in [-0.05, 0) is 33.1 Å². The molecule has 1 aromatic heterocycles. The van der Waals surface area contributed by atoms with E-state index in [4.69, 9.17) is 5.11 Å². The van der Waals surface area contributed by atoms with Crippen LogP contribution in [0.1, 0.15) is 18.4 Å². The normalized spacial score (nSPS) is 11.2. The summed E-state index contributed by atoms with van der Waals surface area (Å²) in [6, 6.07) is 1.48. The molecule has 0 fully saturated rings. The molecule has 0 aliphatic rings. The summed E-state index contributed by atoms with van der Waals surface area (Å²) >= 11 is 0. The molecule has 1 rings (SSSR count). The van der Waals surface area contributed by atoms with Gasteiger partial charge < -0.3 is 10.0 Å². The van der Waals surface area contributed by atoms with Gasteiger partial charge in [0.2, 0.25) is 10.0 Å². The van der Waals surface area contributed by atoms with Crippen LogP contribution in [0.2, 0.25) is 0 Å². The molecule has 0 saturated carbocycles. The predicted octanol–water partition coefficient (Wildman–Crippen LogP) is 0.0455. The van der Waals surface area contributed by atoms with Gasteiger partial charge in [-0.25, -0.2) is 13.1 Å². The minimum Gasteiger partial charge on any atom is -0.395 e. The van der Waals surface area contributed by atoms with Gasteiger partial charge in [-0.15, -0.1) is 0 Å². The number of pyridine rings is 1. The third-order valence-corrected chi connectivity index (χ3v) is 4.00. The van der Waals surface area contributed by atoms with Gasteiger partial charge in [0, 0.05) is 30.9 Å². The molecule has 21 heavy (non-hydrogen) atoms. The van der Waals surface area contributed by atoms with Crippen molar-refractivity contribution in [1.82, 2.24) is 14.6 Å². The van der Waals surface area contributed by atoms with Crippen LogP contribution in [0.5, 0.6) is 0 Å². The van der Waals surface area contributed by atoms with E-state index in [1.807, 2.05) is 19.0 Å². The fourth-order valence-corrected chi connectivity index (χ4v) is 2.60. The highest BCUT2D eigenvalue weighted by Gasteiger charge is 2.14. The van der Waals surface area contributed by atoms with Crippen LogP contribution in [0, 0.1) is 11.8 Å². The number of nitrogens with one attached hydrogen (secondary N) is 1. The molecule has 0 spiro atoms. The molecule has 0 aliphatic heterocycles. The highest BCUT2D eigenvalue weighted by Crippen LogP contribution is 2.08. The van der Waals surface area contributed by atoms with E-state index in [0.29, 0.717) is 18.5 Å². The number of aliphatic hydroxyl groups is 1. The van der Waals surface area contributed by atoms with Gasteiger partial charge >= 0.3 is 0 Å². The molecule has 1 heterocycles. The topological polar surface area (TPSA) is 82.5 Å². The summed E-state index contributed by atoms with van der Waals surface area (Å²) in [6.07, 6.45) is 3.87. The summed E-state index contributed by atoms with van der Waals surface area (Å²) in [5.41, 5.74) is 0.514. The van der Waals surface area contributed by atoms with Crippen LogP contribution in [0.25, 0.3) is 0 Å². The molecule has 0 saturated heterocycles. The number of sulfonamides is 1. The lowest BCUT2D eigenvalue weighted by Crippen LogP contribution is -2.27. The highest BCUT2D eigenvalue weighted by atomic mass is 32.2. The van der Waals surface area contributed by atoms with E-state index < -0.39 is 10.0 Å². The van der Waals surface area contributed by atoms with E-state index in [1.165, 1.54) is 18.5 Å². The zero-order valence-corrected chi connectivity index (χ0v) is 13.2. The second kappa shape index (κ2) is 8.74. The minimum absolute atomic E-state index is 0.0220. The van der Waals surface area contributed by atoms with Gasteiger partial charge in [0.05, 0.1) is 6.61 Å². The van der Waals surface area contributed by atoms with Crippen molar-refractivity contribution in [3.63, 3.8) is 0 Å². The van der Waals surface area contributed by atoms with Gasteiger partial charge in [0.15, 0.2) is 0 Å². The summed E-state index contributed by atoms with van der Waals surface area (Å²) in [4.78, 5) is 5.99. The molecule has 0 aromatic carbocycles. The Morgan fingerprint density at radius 1 is 1.38 bits per heavy atom. The zero-order valence-electron chi connectivity index (χ0n) is 12.3. The van der Waals surface area contributed by atoms with Gasteiger partial charge in [-0.3, -0.25) is 4.98 Å². The first-order valence-electron chi connectivity index (χ1n) is 6.65. The van der Waals surface area contributed by atoms with E-state index in [1.54, 1.807) is 0 Å². The lowest BCUT2D eigenvalue weighted by Gasteiger charge is -2.10. The largest absolute Gasteiger partial charge is 0.395 e. The quantitative estimate of drug-likeness (QED) is 0.549. The van der Waals surface area contributed by atoms with E-state index >= 15 is 0 Å². The third-order valence-electron chi connectivity index (χ3n) is 2.57. The van der Waals surface area contributed by atoms with Gasteiger partial charge in [0.1, 0.15) is 4.90 Å². The molecule has 0 atom stereocenters. The fourth-order valence-electron chi connectivity index (χ4n) is 1.54. The maximum atomic E-state index is 12.1. The van der Waals surface area contributed by atoms with Crippen molar-refractivity contribution < 1.29 is 13.5 Å². The molecular formula is C14H21N3O3S. The molecule has 0 aliphatic carbocycles. The van der Waals surface area contributed by atoms with Crippen molar-refractivity contribution in [2.24, 2.45) is 0 Å². The molecule has 7 heteroatoms. The summed E-state index contributed by atoms with van der Waals surface area (Å²) < 4.78 is 26.8. The second-order valence-electron chi connectivity index (χ2n) is 4.74. The Hall–Kier alpha value is -1.46. The molecular weight excluding hydrogens is 290 g/mol. The maximum absolute atomic E-state index is 12.1. The Labute approximate surface area is 126 Å². The molecule has 6 nitrogen and oxygen atoms in total. The van der Waals surface area contributed by atoms with Crippen LogP contribution >= 0.6 is 0 Å². The Kier molecular flexibility index (Phi) is 7.32. The summed E-state index contributed by atoms with van der Waals surface area (Å²) in [5, 5.41) is 8.66. The average Bonchev–Trinajstić information content (AvgIpc) is 2.44. The standard InChI is InChI=1S/C14H21N3O3S/c1-17(2)8-5-7-16-21(19,20)14-10-13(11-15-12-14)6-3-4-9-18/h10-12,16,18H,4-5,7-9H2,1-2H3. The molecule has 1 aromatic rings. The maximum Gasteiger partial charge on any atom is 0.242 e. The Bertz CT molecular complexity index is 603. The highest BCUT2D eigenvalue weighted by molar-refractivity contribution is 7.89. The van der Waals surface area contributed by atoms with E-state index in [2.05, 4.69) is 21.5 Å². The molecule has 0 amide bonds. The Morgan fingerprint density at radius 2 is 2.14 bits per heavy atom. The minimum atomic E-state index is -3.56. The van der Waals surface area contributed by atoms with Crippen molar-refractivity contribution in [2.75, 3.05) is 33.8 Å². The van der Waals surface area contributed by atoms with Crippen LogP contribution < -0.4 is 4.72 Å². The van der Waals surface area contributed by atoms with Gasteiger partial charge in [-0.1, -0.05) is 11.8 Å². The third kappa shape index (κ3) is 6.69. The summed E-state index contributed by atoms with van der Waals surface area (Å²) in [7, 11) is 0.315. The van der Waals surface area contributed by atoms with Crippen molar-refractivity contribution in [2.45, 2.75) is 17.7 Å². The van der Waals surface area contributed by atoms with Crippen LogP contribution in [0.3, 0.4) is 0 Å². The van der Waals surface area contributed by atoms with E-state index in [9.17, 15) is 8.42 Å². The summed E-state index contributed by atoms with van der Waals surface area (Å²) in [6.45, 7) is 1.17. The Morgan fingerprint density at radius 3 is 2.81 bits per heavy atom. The number of nitrogens with zero attached hydrogens (tertiary/aromatic N) is 2. The molecule has 0 bridgehead atoms. The Balaban J connectivity index is 2.70. The first-order chi connectivity index (χ1) is 9.95. The molecule has 116 valence electrons. The van der Waals surface area contributed by atoms with Crippen molar-refractivity contribution >= 4 is 10.0 Å². The second-order valence-corrected chi connectivity index (χ2v) is 6.51. The monoisotopic (exact) mass is 311 g/mol. The van der Waals surface area contributed by atoms with Crippen molar-refractivity contribution in [3.8, 4) is 11.8 Å². The fraction of sp³-hybridized carbons (Fsp3) is 0.500. The molecule has 2 N–H and O–H groups in total. The van der Waals surface area contributed by atoms with Gasteiger partial charge in [-0.2, -0.15) is 0 Å². The number of hydrogen-bond acceptors (Lipinski definition) is 5. The lowest BCUT2D eigenvalue weighted by molar-refractivity contribution is 0.305. The number of aliphatic hydroxyl groups excluding tert-OH is 1. The first-order valence-corrected chi connectivity index (χ1v) is 8.13. The average molecular weight is 311 g/mol. The van der Waals surface area contributed by atoms with Crippen LogP contribution in [0.15, 0.2) is 23.4 Å². The van der Waals surface area contributed by atoms with E-state index in [-0.39, 0.29) is 11.5 Å².